The zero-order valence-corrected chi connectivity index (χ0v) is 13.7. The molecule has 1 heterocycles. The molecule has 0 atom stereocenters. The van der Waals surface area contributed by atoms with Gasteiger partial charge in [0.15, 0.2) is 17.5 Å². The topological polar surface area (TPSA) is 68.9 Å². The summed E-state index contributed by atoms with van der Waals surface area (Å²) in [5.74, 6) is 1.84. The monoisotopic (exact) mass is 361 g/mol. The number of ether oxygens (including phenoxy) is 2. The number of nitrogens with zero attached hydrogens (tertiary/aromatic N) is 1. The molecule has 1 aliphatic heterocycles. The Morgan fingerprint density at radius 2 is 2.18 bits per heavy atom. The highest BCUT2D eigenvalue weighted by molar-refractivity contribution is 9.10. The molecule has 22 heavy (non-hydrogen) atoms. The van der Waals surface area contributed by atoms with Crippen LogP contribution in [0.15, 0.2) is 45.9 Å². The van der Waals surface area contributed by atoms with Crippen LogP contribution in [0.5, 0.6) is 11.5 Å². The highest BCUT2D eigenvalue weighted by Gasteiger charge is 2.17. The number of rotatable bonds is 3. The fraction of sp³-hybridized carbons (Fsp3) is 0.188. The highest BCUT2D eigenvalue weighted by atomic mass is 79.9. The Labute approximate surface area is 137 Å². The van der Waals surface area contributed by atoms with E-state index < -0.39 is 0 Å². The van der Waals surface area contributed by atoms with Gasteiger partial charge in [-0.2, -0.15) is 0 Å². The predicted octanol–water partition coefficient (Wildman–Crippen LogP) is 3.41. The van der Waals surface area contributed by atoms with Crippen molar-refractivity contribution in [2.24, 2.45) is 10.7 Å². The Kier molecular flexibility index (Phi) is 4.20. The molecule has 1 aliphatic rings. The van der Waals surface area contributed by atoms with Gasteiger partial charge >= 0.3 is 0 Å². The molecule has 3 N–H and O–H groups in total. The van der Waals surface area contributed by atoms with E-state index in [1.54, 1.807) is 0 Å². The van der Waals surface area contributed by atoms with Gasteiger partial charge < -0.3 is 20.5 Å². The number of nitrogens with two attached hydrogens (primary N) is 1. The first kappa shape index (κ1) is 14.7. The molecule has 2 aromatic rings. The third-order valence-corrected chi connectivity index (χ3v) is 3.80. The molecular weight excluding hydrogens is 346 g/mol. The summed E-state index contributed by atoms with van der Waals surface area (Å²) in [7, 11) is 0. The van der Waals surface area contributed by atoms with E-state index in [0.29, 0.717) is 12.5 Å². The van der Waals surface area contributed by atoms with Crippen molar-refractivity contribution in [2.75, 3.05) is 12.1 Å². The van der Waals surface area contributed by atoms with E-state index in [-0.39, 0.29) is 6.79 Å². The third-order valence-electron chi connectivity index (χ3n) is 3.21. The average molecular weight is 362 g/mol. The quantitative estimate of drug-likeness (QED) is 0.649. The minimum absolute atomic E-state index is 0.248. The lowest BCUT2D eigenvalue weighted by Gasteiger charge is -2.07. The number of fused-ring (bicyclic) bond motifs is 1. The van der Waals surface area contributed by atoms with Crippen LogP contribution in [0.1, 0.15) is 11.1 Å². The van der Waals surface area contributed by atoms with Gasteiger partial charge in [0.05, 0.1) is 11.0 Å². The van der Waals surface area contributed by atoms with Crippen molar-refractivity contribution in [2.45, 2.75) is 13.5 Å². The van der Waals surface area contributed by atoms with Gasteiger partial charge in [0.25, 0.3) is 0 Å². The summed E-state index contributed by atoms with van der Waals surface area (Å²) in [5, 5.41) is 3.08. The summed E-state index contributed by atoms with van der Waals surface area (Å²) in [6.45, 7) is 2.74. The van der Waals surface area contributed by atoms with Crippen molar-refractivity contribution in [1.29, 1.82) is 0 Å². The van der Waals surface area contributed by atoms with Crippen molar-refractivity contribution in [3.8, 4) is 11.5 Å². The molecule has 114 valence electrons. The smallest absolute Gasteiger partial charge is 0.231 e. The van der Waals surface area contributed by atoms with Crippen LogP contribution in [0.25, 0.3) is 0 Å². The molecule has 0 fully saturated rings. The largest absolute Gasteiger partial charge is 0.454 e. The van der Waals surface area contributed by atoms with E-state index in [1.165, 1.54) is 0 Å². The molecule has 0 radical (unpaired) electrons. The second-order valence-corrected chi connectivity index (χ2v) is 5.86. The lowest BCUT2D eigenvalue weighted by molar-refractivity contribution is 0.173. The standard InChI is InChI=1S/C16H16BrN3O2/c1-10-3-2-4-12(5-10)20-16(18)19-8-11-6-13(17)15-14(7-11)21-9-22-15/h2-7H,8-9H2,1H3,(H3,18,19,20). The Balaban J connectivity index is 1.70. The van der Waals surface area contributed by atoms with Crippen LogP contribution in [0, 0.1) is 6.92 Å². The van der Waals surface area contributed by atoms with Crippen LogP contribution in [0.2, 0.25) is 0 Å². The van der Waals surface area contributed by atoms with Crippen molar-refractivity contribution in [1.82, 2.24) is 0 Å². The molecule has 0 bridgehead atoms. The fourth-order valence-electron chi connectivity index (χ4n) is 2.20. The molecule has 0 unspecified atom stereocenters. The number of nitrogens with one attached hydrogen (secondary N) is 1. The molecule has 6 heteroatoms. The summed E-state index contributed by atoms with van der Waals surface area (Å²) in [6.07, 6.45) is 0. The number of aliphatic imine (C=N–C) groups is 1. The van der Waals surface area contributed by atoms with Crippen molar-refractivity contribution in [3.05, 3.63) is 52.0 Å². The Bertz CT molecular complexity index is 731. The highest BCUT2D eigenvalue weighted by Crippen LogP contribution is 2.40. The van der Waals surface area contributed by atoms with E-state index in [1.807, 2.05) is 43.3 Å². The maximum absolute atomic E-state index is 5.93. The van der Waals surface area contributed by atoms with Crippen LogP contribution in [-0.2, 0) is 6.54 Å². The normalized spacial score (nSPS) is 13.3. The number of hydrogen-bond donors (Lipinski definition) is 2. The molecule has 5 nitrogen and oxygen atoms in total. The minimum Gasteiger partial charge on any atom is -0.454 e. The molecule has 0 aliphatic carbocycles. The van der Waals surface area contributed by atoms with E-state index in [4.69, 9.17) is 15.2 Å². The zero-order chi connectivity index (χ0) is 15.5. The summed E-state index contributed by atoms with van der Waals surface area (Å²) < 4.78 is 11.6. The van der Waals surface area contributed by atoms with Crippen LogP contribution >= 0.6 is 15.9 Å². The van der Waals surface area contributed by atoms with Crippen molar-refractivity contribution >= 4 is 27.6 Å². The van der Waals surface area contributed by atoms with E-state index in [2.05, 4.69) is 26.2 Å². The molecule has 0 saturated carbocycles. The molecule has 2 aromatic carbocycles. The molecule has 0 aromatic heterocycles. The number of hydrogen-bond acceptors (Lipinski definition) is 3. The van der Waals surface area contributed by atoms with Crippen LogP contribution in [0.4, 0.5) is 5.69 Å². The predicted molar refractivity (Wildman–Crippen MR) is 90.4 cm³/mol. The number of guanidine groups is 1. The van der Waals surface area contributed by atoms with Gasteiger partial charge in [-0.3, -0.25) is 0 Å². The van der Waals surface area contributed by atoms with E-state index in [9.17, 15) is 0 Å². The molecule has 0 amide bonds. The zero-order valence-electron chi connectivity index (χ0n) is 12.1. The van der Waals surface area contributed by atoms with Gasteiger partial charge in [0.2, 0.25) is 6.79 Å². The second-order valence-electron chi connectivity index (χ2n) is 5.01. The van der Waals surface area contributed by atoms with Gasteiger partial charge in [0.1, 0.15) is 0 Å². The summed E-state index contributed by atoms with van der Waals surface area (Å²) in [6, 6.07) is 11.8. The fourth-order valence-corrected chi connectivity index (χ4v) is 2.80. The number of aryl methyl sites for hydroxylation is 1. The minimum atomic E-state index is 0.248. The molecule has 3 rings (SSSR count). The lowest BCUT2D eigenvalue weighted by Crippen LogP contribution is -2.22. The summed E-state index contributed by atoms with van der Waals surface area (Å²) in [5.41, 5.74) is 9.01. The second kappa shape index (κ2) is 6.27. The maximum Gasteiger partial charge on any atom is 0.231 e. The van der Waals surface area contributed by atoms with Gasteiger partial charge in [-0.15, -0.1) is 0 Å². The van der Waals surface area contributed by atoms with Gasteiger partial charge in [0, 0.05) is 5.69 Å². The van der Waals surface area contributed by atoms with E-state index in [0.717, 1.165) is 32.8 Å². The number of benzene rings is 2. The Hall–Kier alpha value is -2.21. The molecular formula is C16H16BrN3O2. The van der Waals surface area contributed by atoms with Crippen LogP contribution < -0.4 is 20.5 Å². The summed E-state index contributed by atoms with van der Waals surface area (Å²) in [4.78, 5) is 4.35. The first-order valence-corrected chi connectivity index (χ1v) is 7.63. The Morgan fingerprint density at radius 3 is 3.00 bits per heavy atom. The van der Waals surface area contributed by atoms with Crippen molar-refractivity contribution < 1.29 is 9.47 Å². The first-order chi connectivity index (χ1) is 10.6. The maximum atomic E-state index is 5.93. The average Bonchev–Trinajstić information content (AvgIpc) is 2.94. The number of halogens is 1. The third kappa shape index (κ3) is 3.33. The number of anilines is 1. The van der Waals surface area contributed by atoms with Crippen molar-refractivity contribution in [3.63, 3.8) is 0 Å². The molecule has 0 spiro atoms. The van der Waals surface area contributed by atoms with Gasteiger partial charge in [-0.1, -0.05) is 12.1 Å². The first-order valence-electron chi connectivity index (χ1n) is 6.83. The lowest BCUT2D eigenvalue weighted by atomic mass is 10.2. The molecule has 0 saturated heterocycles. The SMILES string of the molecule is Cc1cccc(NC(N)=NCc2cc(Br)c3c(c2)OCO3)c1. The van der Waals surface area contributed by atoms with Crippen LogP contribution in [0.3, 0.4) is 0 Å². The van der Waals surface area contributed by atoms with Crippen LogP contribution in [-0.4, -0.2) is 12.8 Å². The van der Waals surface area contributed by atoms with Gasteiger partial charge in [-0.25, -0.2) is 4.99 Å². The van der Waals surface area contributed by atoms with E-state index >= 15 is 0 Å². The summed E-state index contributed by atoms with van der Waals surface area (Å²) >= 11 is 3.47. The Morgan fingerprint density at radius 1 is 1.32 bits per heavy atom. The van der Waals surface area contributed by atoms with Gasteiger partial charge in [-0.05, 0) is 58.2 Å².